The molecule has 0 atom stereocenters. The second kappa shape index (κ2) is 6.69. The molecule has 21 heavy (non-hydrogen) atoms. The molecular formula is C11H7Cl4F3N2O. The third-order valence-electron chi connectivity index (χ3n) is 2.26. The molecule has 0 aliphatic heterocycles. The van der Waals surface area contributed by atoms with Gasteiger partial charge in [0.1, 0.15) is 6.42 Å². The summed E-state index contributed by atoms with van der Waals surface area (Å²) in [5.74, 6) is -1.53. The number of carbonyl (C=O) groups is 1. The second-order valence-electron chi connectivity index (χ2n) is 3.99. The van der Waals surface area contributed by atoms with E-state index in [0.717, 1.165) is 0 Å². The number of Topliss-reactive ketones (excluding diaryl/α,β-unsaturated/α-hetero) is 1. The third-order valence-corrected chi connectivity index (χ3v) is 3.45. The normalized spacial score (nSPS) is 13.0. The van der Waals surface area contributed by atoms with Crippen LogP contribution in [0.25, 0.3) is 0 Å². The van der Waals surface area contributed by atoms with Gasteiger partial charge >= 0.3 is 6.18 Å². The third kappa shape index (κ3) is 5.62. The van der Waals surface area contributed by atoms with E-state index >= 15 is 0 Å². The predicted octanol–water partition coefficient (Wildman–Crippen LogP) is 6.04. The van der Waals surface area contributed by atoms with Crippen molar-refractivity contribution in [2.75, 3.05) is 0 Å². The molecule has 1 aromatic rings. The summed E-state index contributed by atoms with van der Waals surface area (Å²) in [6.07, 6.45) is -6.55. The Kier molecular flexibility index (Phi) is 5.89. The minimum atomic E-state index is -4.74. The molecule has 0 heterocycles. The summed E-state index contributed by atoms with van der Waals surface area (Å²) in [7, 11) is 0. The van der Waals surface area contributed by atoms with Crippen LogP contribution in [-0.4, -0.2) is 16.4 Å². The summed E-state index contributed by atoms with van der Waals surface area (Å²) in [6, 6.07) is 2.80. The van der Waals surface area contributed by atoms with Gasteiger partial charge in [-0.2, -0.15) is 18.3 Å². The molecule has 1 aromatic carbocycles. The van der Waals surface area contributed by atoms with Crippen LogP contribution in [0.1, 0.15) is 12.0 Å². The quantitative estimate of drug-likeness (QED) is 0.356. The summed E-state index contributed by atoms with van der Waals surface area (Å²) in [5.41, 5.74) is 0.593. The fourth-order valence-corrected chi connectivity index (χ4v) is 1.89. The Morgan fingerprint density at radius 3 is 2.33 bits per heavy atom. The van der Waals surface area contributed by atoms with E-state index < -0.39 is 22.8 Å². The first-order chi connectivity index (χ1) is 9.42. The first kappa shape index (κ1) is 18.5. The molecule has 0 N–H and O–H groups in total. The van der Waals surface area contributed by atoms with Crippen LogP contribution >= 0.6 is 46.4 Å². The van der Waals surface area contributed by atoms with Gasteiger partial charge in [-0.25, -0.2) is 0 Å². The highest BCUT2D eigenvalue weighted by atomic mass is 35.5. The zero-order chi connectivity index (χ0) is 16.4. The standard InChI is InChI=1S/C11H7Cl4F3N2O/c1-5-7(13)2-6(12)3-8(5)19-20-11(14,15)9(21)4-10(16,17)18/h2-3H,4H2,1H3. The van der Waals surface area contributed by atoms with Crippen molar-refractivity contribution in [1.29, 1.82) is 0 Å². The molecule has 0 unspecified atom stereocenters. The number of ketones is 1. The molecule has 0 bridgehead atoms. The van der Waals surface area contributed by atoms with E-state index in [0.29, 0.717) is 5.56 Å². The van der Waals surface area contributed by atoms with Gasteiger partial charge in [-0.1, -0.05) is 46.4 Å². The van der Waals surface area contributed by atoms with Gasteiger partial charge in [0.2, 0.25) is 5.78 Å². The van der Waals surface area contributed by atoms with Crippen LogP contribution in [0.2, 0.25) is 10.0 Å². The number of halogens is 7. The second-order valence-corrected chi connectivity index (χ2v) is 6.12. The van der Waals surface area contributed by atoms with E-state index in [1.807, 2.05) is 0 Å². The first-order valence-electron chi connectivity index (χ1n) is 5.29. The van der Waals surface area contributed by atoms with Crippen LogP contribution in [0.5, 0.6) is 0 Å². The maximum absolute atomic E-state index is 12.1. The molecular weight excluding hydrogens is 375 g/mol. The van der Waals surface area contributed by atoms with Crippen molar-refractivity contribution in [3.63, 3.8) is 0 Å². The largest absolute Gasteiger partial charge is 0.396 e. The fraction of sp³-hybridized carbons (Fsp3) is 0.364. The van der Waals surface area contributed by atoms with Crippen LogP contribution in [-0.2, 0) is 4.79 Å². The van der Waals surface area contributed by atoms with Crippen molar-refractivity contribution in [3.8, 4) is 0 Å². The molecule has 0 aliphatic rings. The van der Waals surface area contributed by atoms with Gasteiger partial charge in [0, 0.05) is 10.0 Å². The van der Waals surface area contributed by atoms with Gasteiger partial charge in [0.05, 0.1) is 5.69 Å². The van der Waals surface area contributed by atoms with Crippen LogP contribution < -0.4 is 0 Å². The number of alkyl halides is 5. The van der Waals surface area contributed by atoms with Crippen molar-refractivity contribution < 1.29 is 18.0 Å². The summed E-state index contributed by atoms with van der Waals surface area (Å²) < 4.78 is 33.7. The molecule has 1 rings (SSSR count). The molecule has 116 valence electrons. The lowest BCUT2D eigenvalue weighted by atomic mass is 10.2. The number of hydrogen-bond acceptors (Lipinski definition) is 3. The van der Waals surface area contributed by atoms with Gasteiger partial charge in [0.25, 0.3) is 4.46 Å². The molecule has 0 saturated heterocycles. The van der Waals surface area contributed by atoms with Crippen molar-refractivity contribution in [3.05, 3.63) is 27.7 Å². The molecule has 0 aromatic heterocycles. The Labute approximate surface area is 138 Å². The molecule has 0 radical (unpaired) electrons. The Bertz CT molecular complexity index is 588. The summed E-state index contributed by atoms with van der Waals surface area (Å²) in [5, 5.41) is 7.30. The van der Waals surface area contributed by atoms with Crippen molar-refractivity contribution in [2.24, 2.45) is 10.2 Å². The SMILES string of the molecule is Cc1c(Cl)cc(Cl)cc1N=NC(Cl)(Cl)C(=O)CC(F)(F)F. The lowest BCUT2D eigenvalue weighted by Crippen LogP contribution is -2.28. The number of benzene rings is 1. The fourth-order valence-electron chi connectivity index (χ4n) is 1.20. The number of azo groups is 1. The van der Waals surface area contributed by atoms with Crippen molar-refractivity contribution in [1.82, 2.24) is 0 Å². The van der Waals surface area contributed by atoms with Crippen LogP contribution in [0.4, 0.5) is 18.9 Å². The number of carbonyl (C=O) groups excluding carboxylic acids is 1. The van der Waals surface area contributed by atoms with Crippen LogP contribution in [0.15, 0.2) is 22.4 Å². The average Bonchev–Trinajstić information content (AvgIpc) is 2.29. The molecule has 0 saturated carbocycles. The van der Waals surface area contributed by atoms with Gasteiger partial charge in [-0.15, -0.1) is 5.11 Å². The highest BCUT2D eigenvalue weighted by molar-refractivity contribution is 6.58. The van der Waals surface area contributed by atoms with E-state index in [4.69, 9.17) is 46.4 Å². The zero-order valence-electron chi connectivity index (χ0n) is 10.3. The van der Waals surface area contributed by atoms with E-state index in [1.165, 1.54) is 12.1 Å². The Morgan fingerprint density at radius 1 is 1.24 bits per heavy atom. The predicted molar refractivity (Wildman–Crippen MR) is 75.8 cm³/mol. The Morgan fingerprint density at radius 2 is 1.81 bits per heavy atom. The molecule has 0 amide bonds. The van der Waals surface area contributed by atoms with Gasteiger partial charge in [-0.3, -0.25) is 4.79 Å². The lowest BCUT2D eigenvalue weighted by molar-refractivity contribution is -0.152. The Balaban J connectivity index is 3.01. The average molecular weight is 382 g/mol. The molecule has 10 heteroatoms. The maximum Gasteiger partial charge on any atom is 0.396 e. The first-order valence-corrected chi connectivity index (χ1v) is 6.80. The smallest absolute Gasteiger partial charge is 0.294 e. The van der Waals surface area contributed by atoms with E-state index in [9.17, 15) is 18.0 Å². The number of nitrogens with zero attached hydrogens (tertiary/aromatic N) is 2. The minimum Gasteiger partial charge on any atom is -0.294 e. The number of rotatable bonds is 4. The summed E-state index contributed by atoms with van der Waals surface area (Å²) in [4.78, 5) is 11.3. The van der Waals surface area contributed by atoms with E-state index in [-0.39, 0.29) is 15.7 Å². The summed E-state index contributed by atoms with van der Waals surface area (Å²) in [6.45, 7) is 1.58. The van der Waals surface area contributed by atoms with Crippen LogP contribution in [0.3, 0.4) is 0 Å². The van der Waals surface area contributed by atoms with Crippen molar-refractivity contribution in [2.45, 2.75) is 24.0 Å². The molecule has 0 spiro atoms. The van der Waals surface area contributed by atoms with Gasteiger partial charge in [-0.05, 0) is 24.6 Å². The van der Waals surface area contributed by atoms with Crippen molar-refractivity contribution >= 4 is 57.9 Å². The highest BCUT2D eigenvalue weighted by Gasteiger charge is 2.42. The van der Waals surface area contributed by atoms with Gasteiger partial charge < -0.3 is 0 Å². The van der Waals surface area contributed by atoms with E-state index in [1.54, 1.807) is 6.92 Å². The number of hydrogen-bond donors (Lipinski definition) is 0. The molecule has 0 fully saturated rings. The monoisotopic (exact) mass is 380 g/mol. The molecule has 0 aliphatic carbocycles. The maximum atomic E-state index is 12.1. The lowest BCUT2D eigenvalue weighted by Gasteiger charge is -2.13. The summed E-state index contributed by atoms with van der Waals surface area (Å²) >= 11 is 22.5. The topological polar surface area (TPSA) is 41.8 Å². The minimum absolute atomic E-state index is 0.137. The highest BCUT2D eigenvalue weighted by Crippen LogP contribution is 2.35. The van der Waals surface area contributed by atoms with E-state index in [2.05, 4.69) is 10.2 Å². The zero-order valence-corrected chi connectivity index (χ0v) is 13.3. The Hall–Kier alpha value is -0.560. The van der Waals surface area contributed by atoms with Gasteiger partial charge in [0.15, 0.2) is 0 Å². The molecule has 3 nitrogen and oxygen atoms in total. The van der Waals surface area contributed by atoms with Crippen LogP contribution in [0, 0.1) is 6.92 Å².